The van der Waals surface area contributed by atoms with Crippen LogP contribution in [0.5, 0.6) is 11.5 Å². The van der Waals surface area contributed by atoms with Gasteiger partial charge >= 0.3 is 0 Å². The summed E-state index contributed by atoms with van der Waals surface area (Å²) in [6.07, 6.45) is 0. The minimum Gasteiger partial charge on any atom is -0.508 e. The third kappa shape index (κ3) is 4.83. The van der Waals surface area contributed by atoms with Crippen LogP contribution in [0.1, 0.15) is 49.8 Å². The molecular weight excluding hydrogens is 472 g/mol. The average Bonchev–Trinajstić information content (AvgIpc) is 3.23. The summed E-state index contributed by atoms with van der Waals surface area (Å²) in [6.45, 7) is 9.00. The van der Waals surface area contributed by atoms with E-state index in [1.54, 1.807) is 18.7 Å². The van der Waals surface area contributed by atoms with Crippen LogP contribution >= 0.6 is 0 Å². The topological polar surface area (TPSA) is 113 Å². The van der Waals surface area contributed by atoms with Gasteiger partial charge in [-0.3, -0.25) is 9.36 Å². The molecule has 0 aliphatic carbocycles. The summed E-state index contributed by atoms with van der Waals surface area (Å²) >= 11 is 0. The van der Waals surface area contributed by atoms with Crippen LogP contribution < -0.4 is 10.2 Å². The first-order valence-corrected chi connectivity index (χ1v) is 11.7. The first kappa shape index (κ1) is 25.4. The number of aromatic nitrogens is 3. The van der Waals surface area contributed by atoms with Crippen molar-refractivity contribution in [3.63, 3.8) is 0 Å². The molecule has 1 saturated heterocycles. The van der Waals surface area contributed by atoms with Gasteiger partial charge in [-0.1, -0.05) is 13.8 Å². The van der Waals surface area contributed by atoms with Crippen molar-refractivity contribution in [2.75, 3.05) is 31.2 Å². The maximum atomic E-state index is 15.6. The van der Waals surface area contributed by atoms with E-state index >= 15 is 8.78 Å². The van der Waals surface area contributed by atoms with E-state index in [9.17, 15) is 15.0 Å². The van der Waals surface area contributed by atoms with E-state index in [4.69, 9.17) is 4.74 Å². The van der Waals surface area contributed by atoms with Gasteiger partial charge in [0, 0.05) is 30.9 Å². The lowest BCUT2D eigenvalue weighted by Gasteiger charge is -2.29. The second kappa shape index (κ2) is 10.1. The molecule has 1 amide bonds. The Labute approximate surface area is 207 Å². The maximum absolute atomic E-state index is 15.6. The molecule has 0 spiro atoms. The van der Waals surface area contributed by atoms with Crippen LogP contribution in [0.2, 0.25) is 0 Å². The van der Waals surface area contributed by atoms with Crippen LogP contribution in [0.15, 0.2) is 24.3 Å². The predicted octanol–water partition coefficient (Wildman–Crippen LogP) is 3.72. The number of aromatic hydroxyl groups is 2. The number of halogens is 2. The Morgan fingerprint density at radius 2 is 1.64 bits per heavy atom. The van der Waals surface area contributed by atoms with E-state index in [0.717, 1.165) is 10.6 Å². The quantitative estimate of drug-likeness (QED) is 0.472. The monoisotopic (exact) mass is 501 g/mol. The molecule has 0 atom stereocenters. The Morgan fingerprint density at radius 1 is 1.00 bits per heavy atom. The lowest BCUT2D eigenvalue weighted by molar-refractivity contribution is 0.0930. The lowest BCUT2D eigenvalue weighted by atomic mass is 9.98. The number of rotatable bonds is 6. The zero-order valence-corrected chi connectivity index (χ0v) is 20.5. The Hall–Kier alpha value is -3.73. The molecule has 3 N–H and O–H groups in total. The van der Waals surface area contributed by atoms with E-state index in [-0.39, 0.29) is 40.7 Å². The largest absolute Gasteiger partial charge is 0.508 e. The number of nitrogens with one attached hydrogen (secondary N) is 1. The van der Waals surface area contributed by atoms with Crippen molar-refractivity contribution in [3.8, 4) is 28.6 Å². The number of amides is 1. The maximum Gasteiger partial charge on any atom is 0.289 e. The van der Waals surface area contributed by atoms with Crippen LogP contribution in [-0.2, 0) is 4.74 Å². The molecule has 2 aromatic carbocycles. The Kier molecular flexibility index (Phi) is 7.11. The normalized spacial score (nSPS) is 14.1. The fourth-order valence-corrected chi connectivity index (χ4v) is 4.15. The number of anilines is 1. The number of carbonyl (C=O) groups excluding carboxylic acids is 1. The molecule has 0 bridgehead atoms. The third-order valence-electron chi connectivity index (χ3n) is 5.90. The zero-order valence-electron chi connectivity index (χ0n) is 20.5. The lowest BCUT2D eigenvalue weighted by Crippen LogP contribution is -2.36. The van der Waals surface area contributed by atoms with Crippen molar-refractivity contribution in [1.82, 2.24) is 20.1 Å². The van der Waals surface area contributed by atoms with Crippen LogP contribution in [0.4, 0.5) is 14.5 Å². The standard InChI is InChI=1S/C25H29F2N5O4/c1-13(2)16-11-17(21(34)12-20(16)33)23-29-30-24(25(35)28-14(3)4)32(23)22-18(26)9-15(10-19(22)27)31-5-7-36-8-6-31/h9-14,33-34H,5-8H2,1-4H3,(H,28,35). The molecule has 1 aromatic heterocycles. The highest BCUT2D eigenvalue weighted by atomic mass is 19.1. The molecule has 0 radical (unpaired) electrons. The molecule has 3 aromatic rings. The molecule has 11 heteroatoms. The van der Waals surface area contributed by atoms with E-state index < -0.39 is 23.2 Å². The number of phenols is 2. The summed E-state index contributed by atoms with van der Waals surface area (Å²) in [4.78, 5) is 14.7. The second-order valence-corrected chi connectivity index (χ2v) is 9.25. The molecular formula is C25H29F2N5O4. The van der Waals surface area contributed by atoms with Gasteiger partial charge in [-0.05, 0) is 43.5 Å². The fraction of sp³-hybridized carbons (Fsp3) is 0.400. The second-order valence-electron chi connectivity index (χ2n) is 9.25. The van der Waals surface area contributed by atoms with Gasteiger partial charge in [0.15, 0.2) is 17.5 Å². The van der Waals surface area contributed by atoms with E-state index in [2.05, 4.69) is 15.5 Å². The van der Waals surface area contributed by atoms with Crippen LogP contribution in [0.3, 0.4) is 0 Å². The fourth-order valence-electron chi connectivity index (χ4n) is 4.15. The molecule has 36 heavy (non-hydrogen) atoms. The molecule has 4 rings (SSSR count). The number of carbonyl (C=O) groups is 1. The Bertz CT molecular complexity index is 1260. The van der Waals surface area contributed by atoms with Gasteiger partial charge in [0.2, 0.25) is 5.82 Å². The van der Waals surface area contributed by atoms with Gasteiger partial charge in [-0.15, -0.1) is 10.2 Å². The van der Waals surface area contributed by atoms with E-state index in [1.165, 1.54) is 18.2 Å². The van der Waals surface area contributed by atoms with Crippen LogP contribution in [0, 0.1) is 11.6 Å². The molecule has 1 aliphatic heterocycles. The summed E-state index contributed by atoms with van der Waals surface area (Å²) in [6, 6.07) is 4.70. The Balaban J connectivity index is 1.93. The number of benzene rings is 2. The third-order valence-corrected chi connectivity index (χ3v) is 5.90. The zero-order chi connectivity index (χ0) is 26.1. The molecule has 1 aliphatic rings. The summed E-state index contributed by atoms with van der Waals surface area (Å²) < 4.78 is 37.5. The highest BCUT2D eigenvalue weighted by Gasteiger charge is 2.29. The van der Waals surface area contributed by atoms with Crippen molar-refractivity contribution in [2.45, 2.75) is 39.7 Å². The van der Waals surface area contributed by atoms with Crippen LogP contribution in [0.25, 0.3) is 17.1 Å². The van der Waals surface area contributed by atoms with Gasteiger partial charge in [-0.2, -0.15) is 0 Å². The number of morpholine rings is 1. The number of phenolic OH excluding ortho intramolecular Hbond substituents is 2. The van der Waals surface area contributed by atoms with Gasteiger partial charge in [-0.25, -0.2) is 8.78 Å². The van der Waals surface area contributed by atoms with Gasteiger partial charge in [0.25, 0.3) is 5.91 Å². The van der Waals surface area contributed by atoms with Crippen molar-refractivity contribution < 1.29 is 28.5 Å². The first-order chi connectivity index (χ1) is 17.1. The van der Waals surface area contributed by atoms with E-state index in [1.807, 2.05) is 13.8 Å². The SMILES string of the molecule is CC(C)NC(=O)c1nnc(-c2cc(C(C)C)c(O)cc2O)n1-c1c(F)cc(N2CCOCC2)cc1F. The molecule has 9 nitrogen and oxygen atoms in total. The molecule has 2 heterocycles. The summed E-state index contributed by atoms with van der Waals surface area (Å²) in [5.74, 6) is -3.71. The van der Waals surface area contributed by atoms with E-state index in [0.29, 0.717) is 37.6 Å². The summed E-state index contributed by atoms with van der Waals surface area (Å²) in [5, 5.41) is 31.5. The summed E-state index contributed by atoms with van der Waals surface area (Å²) in [7, 11) is 0. The number of nitrogens with zero attached hydrogens (tertiary/aromatic N) is 4. The minimum absolute atomic E-state index is 0.0589. The van der Waals surface area contributed by atoms with Crippen molar-refractivity contribution >= 4 is 11.6 Å². The van der Waals surface area contributed by atoms with Gasteiger partial charge < -0.3 is 25.2 Å². The predicted molar refractivity (Wildman–Crippen MR) is 130 cm³/mol. The molecule has 0 unspecified atom stereocenters. The van der Waals surface area contributed by atoms with Gasteiger partial charge in [0.1, 0.15) is 17.2 Å². The smallest absolute Gasteiger partial charge is 0.289 e. The highest BCUT2D eigenvalue weighted by Crippen LogP contribution is 2.39. The van der Waals surface area contributed by atoms with Crippen molar-refractivity contribution in [2.24, 2.45) is 0 Å². The highest BCUT2D eigenvalue weighted by molar-refractivity contribution is 5.92. The van der Waals surface area contributed by atoms with Crippen molar-refractivity contribution in [3.05, 3.63) is 47.3 Å². The molecule has 1 fully saturated rings. The molecule has 0 saturated carbocycles. The van der Waals surface area contributed by atoms with Gasteiger partial charge in [0.05, 0.1) is 18.8 Å². The van der Waals surface area contributed by atoms with Crippen molar-refractivity contribution in [1.29, 1.82) is 0 Å². The molecule has 192 valence electrons. The number of ether oxygens (including phenoxy) is 1. The summed E-state index contributed by atoms with van der Waals surface area (Å²) in [5.41, 5.74) is 0.326. The first-order valence-electron chi connectivity index (χ1n) is 11.7. The number of hydrogen-bond acceptors (Lipinski definition) is 7. The number of hydrogen-bond donors (Lipinski definition) is 3. The Morgan fingerprint density at radius 3 is 2.22 bits per heavy atom. The minimum atomic E-state index is -0.932. The van der Waals surface area contributed by atoms with Crippen LogP contribution in [-0.4, -0.2) is 63.2 Å². The average molecular weight is 502 g/mol.